The molecule has 4 rings (SSSR count). The zero-order valence-corrected chi connectivity index (χ0v) is 14.9. The Bertz CT molecular complexity index is 487. The minimum absolute atomic E-state index is 0.0810. The van der Waals surface area contributed by atoms with Gasteiger partial charge in [0.25, 0.3) is 0 Å². The molecule has 3 fully saturated rings. The minimum Gasteiger partial charge on any atom is -0.393 e. The molecule has 134 valence electrons. The third-order valence-electron chi connectivity index (χ3n) is 6.61. The SMILES string of the molecule is OC1CCC(NC2N=C(C3CCCCC3)N=C3CCCCC32)CC1. The van der Waals surface area contributed by atoms with Crippen molar-refractivity contribution in [1.82, 2.24) is 5.32 Å². The summed E-state index contributed by atoms with van der Waals surface area (Å²) in [4.78, 5) is 10.2. The molecule has 4 aliphatic rings. The molecule has 0 aromatic heterocycles. The number of aliphatic hydroxyl groups excluding tert-OH is 1. The van der Waals surface area contributed by atoms with Crippen molar-refractivity contribution in [3.05, 3.63) is 0 Å². The topological polar surface area (TPSA) is 57.0 Å². The lowest BCUT2D eigenvalue weighted by Gasteiger charge is -2.38. The summed E-state index contributed by atoms with van der Waals surface area (Å²) in [5.74, 6) is 2.29. The summed E-state index contributed by atoms with van der Waals surface area (Å²) in [5.41, 5.74) is 1.44. The molecule has 0 aromatic rings. The Hall–Kier alpha value is -0.740. The van der Waals surface area contributed by atoms with E-state index in [1.165, 1.54) is 63.5 Å². The minimum atomic E-state index is -0.0810. The molecule has 3 aliphatic carbocycles. The zero-order valence-electron chi connectivity index (χ0n) is 14.9. The molecule has 1 aliphatic heterocycles. The molecule has 0 spiro atoms. The zero-order chi connectivity index (χ0) is 16.4. The second kappa shape index (κ2) is 7.65. The summed E-state index contributed by atoms with van der Waals surface area (Å²) in [7, 11) is 0. The number of aliphatic hydroxyl groups is 1. The molecule has 2 N–H and O–H groups in total. The molecule has 4 heteroatoms. The fraction of sp³-hybridized carbons (Fsp3) is 0.900. The van der Waals surface area contributed by atoms with Crippen LogP contribution in [0.5, 0.6) is 0 Å². The third-order valence-corrected chi connectivity index (χ3v) is 6.61. The van der Waals surface area contributed by atoms with E-state index >= 15 is 0 Å². The van der Waals surface area contributed by atoms with Crippen LogP contribution in [0.4, 0.5) is 0 Å². The number of nitrogens with zero attached hydrogens (tertiary/aromatic N) is 2. The lowest BCUT2D eigenvalue weighted by Crippen LogP contribution is -2.49. The highest BCUT2D eigenvalue weighted by Crippen LogP contribution is 2.33. The first-order valence-electron chi connectivity index (χ1n) is 10.4. The summed E-state index contributed by atoms with van der Waals surface area (Å²) in [6, 6.07) is 0.524. The van der Waals surface area contributed by atoms with Gasteiger partial charge in [0, 0.05) is 23.6 Å². The van der Waals surface area contributed by atoms with Crippen molar-refractivity contribution in [3.63, 3.8) is 0 Å². The van der Waals surface area contributed by atoms with Crippen LogP contribution < -0.4 is 5.32 Å². The second-order valence-corrected chi connectivity index (χ2v) is 8.39. The Labute approximate surface area is 146 Å². The van der Waals surface area contributed by atoms with Crippen LogP contribution >= 0.6 is 0 Å². The third kappa shape index (κ3) is 3.75. The Morgan fingerprint density at radius 2 is 1.58 bits per heavy atom. The summed E-state index contributed by atoms with van der Waals surface area (Å²) >= 11 is 0. The molecule has 0 aromatic carbocycles. The molecule has 0 radical (unpaired) electrons. The van der Waals surface area contributed by atoms with E-state index in [-0.39, 0.29) is 12.3 Å². The number of hydrogen-bond donors (Lipinski definition) is 2. The van der Waals surface area contributed by atoms with Gasteiger partial charge < -0.3 is 5.11 Å². The Kier molecular flexibility index (Phi) is 5.33. The quantitative estimate of drug-likeness (QED) is 0.826. The summed E-state index contributed by atoms with van der Waals surface area (Å²) < 4.78 is 0. The fourth-order valence-corrected chi connectivity index (χ4v) is 5.10. The summed E-state index contributed by atoms with van der Waals surface area (Å²) in [6.07, 6.45) is 15.9. The van der Waals surface area contributed by atoms with E-state index in [1.54, 1.807) is 0 Å². The number of fused-ring (bicyclic) bond motifs is 1. The maximum atomic E-state index is 9.76. The average molecular weight is 332 g/mol. The largest absolute Gasteiger partial charge is 0.393 e. The molecule has 24 heavy (non-hydrogen) atoms. The van der Waals surface area contributed by atoms with Gasteiger partial charge in [-0.05, 0) is 57.8 Å². The number of nitrogens with one attached hydrogen (secondary N) is 1. The van der Waals surface area contributed by atoms with Gasteiger partial charge in [-0.2, -0.15) is 0 Å². The monoisotopic (exact) mass is 331 g/mol. The van der Waals surface area contributed by atoms with Gasteiger partial charge in [-0.15, -0.1) is 0 Å². The maximum absolute atomic E-state index is 9.76. The van der Waals surface area contributed by atoms with Crippen LogP contribution in [0.3, 0.4) is 0 Å². The first-order valence-corrected chi connectivity index (χ1v) is 10.4. The highest BCUT2D eigenvalue weighted by atomic mass is 16.3. The molecule has 0 amide bonds. The van der Waals surface area contributed by atoms with Crippen molar-refractivity contribution in [3.8, 4) is 0 Å². The van der Waals surface area contributed by atoms with Gasteiger partial charge in [-0.25, -0.2) is 4.99 Å². The van der Waals surface area contributed by atoms with Crippen molar-refractivity contribution in [2.24, 2.45) is 21.8 Å². The van der Waals surface area contributed by atoms with E-state index in [1.807, 2.05) is 0 Å². The molecular weight excluding hydrogens is 298 g/mol. The van der Waals surface area contributed by atoms with Crippen molar-refractivity contribution in [2.45, 2.75) is 102 Å². The van der Waals surface area contributed by atoms with E-state index < -0.39 is 0 Å². The molecular formula is C20H33N3O. The van der Waals surface area contributed by atoms with Crippen molar-refractivity contribution in [1.29, 1.82) is 0 Å². The van der Waals surface area contributed by atoms with E-state index in [0.717, 1.165) is 31.5 Å². The first-order chi connectivity index (χ1) is 11.8. The second-order valence-electron chi connectivity index (χ2n) is 8.39. The van der Waals surface area contributed by atoms with Gasteiger partial charge in [-0.1, -0.05) is 25.7 Å². The first kappa shape index (κ1) is 16.7. The molecule has 0 saturated heterocycles. The van der Waals surface area contributed by atoms with Crippen LogP contribution in [-0.2, 0) is 0 Å². The highest BCUT2D eigenvalue weighted by Gasteiger charge is 2.35. The maximum Gasteiger partial charge on any atom is 0.128 e. The summed E-state index contributed by atoms with van der Waals surface area (Å²) in [5, 5.41) is 13.6. The van der Waals surface area contributed by atoms with Crippen molar-refractivity contribution in [2.75, 3.05) is 0 Å². The Balaban J connectivity index is 1.49. The highest BCUT2D eigenvalue weighted by molar-refractivity contribution is 6.02. The predicted molar refractivity (Wildman–Crippen MR) is 98.6 cm³/mol. The summed E-state index contributed by atoms with van der Waals surface area (Å²) in [6.45, 7) is 0. The Morgan fingerprint density at radius 1 is 0.833 bits per heavy atom. The van der Waals surface area contributed by atoms with Crippen LogP contribution in [0.25, 0.3) is 0 Å². The molecule has 0 bridgehead atoms. The van der Waals surface area contributed by atoms with E-state index in [9.17, 15) is 5.11 Å². The van der Waals surface area contributed by atoms with Crippen LogP contribution in [0, 0.1) is 11.8 Å². The van der Waals surface area contributed by atoms with Crippen molar-refractivity contribution < 1.29 is 5.11 Å². The lowest BCUT2D eigenvalue weighted by atomic mass is 9.82. The number of aliphatic imine (C=N–C) groups is 2. The number of hydrogen-bond acceptors (Lipinski definition) is 4. The van der Waals surface area contributed by atoms with Gasteiger partial charge in [0.1, 0.15) is 12.0 Å². The van der Waals surface area contributed by atoms with Crippen molar-refractivity contribution >= 4 is 11.5 Å². The van der Waals surface area contributed by atoms with E-state index in [4.69, 9.17) is 9.98 Å². The van der Waals surface area contributed by atoms with Gasteiger partial charge in [0.15, 0.2) is 0 Å². The van der Waals surface area contributed by atoms with Crippen LogP contribution in [0.1, 0.15) is 83.5 Å². The van der Waals surface area contributed by atoms with Crippen LogP contribution in [0.15, 0.2) is 9.98 Å². The predicted octanol–water partition coefficient (Wildman–Crippen LogP) is 3.83. The van der Waals surface area contributed by atoms with Gasteiger partial charge in [-0.3, -0.25) is 10.3 Å². The molecule has 1 heterocycles. The molecule has 2 atom stereocenters. The smallest absolute Gasteiger partial charge is 0.128 e. The molecule has 4 nitrogen and oxygen atoms in total. The van der Waals surface area contributed by atoms with Crippen LogP contribution in [-0.4, -0.2) is 35.0 Å². The van der Waals surface area contributed by atoms with E-state index in [0.29, 0.717) is 17.9 Å². The Morgan fingerprint density at radius 3 is 2.38 bits per heavy atom. The standard InChI is InChI=1S/C20H33N3O/c24-16-12-10-15(11-13-16)21-20-17-8-4-5-9-18(17)22-19(23-20)14-6-2-1-3-7-14/h14-17,20-21,24H,1-13H2. The average Bonchev–Trinajstić information content (AvgIpc) is 2.64. The number of rotatable bonds is 3. The lowest BCUT2D eigenvalue weighted by molar-refractivity contribution is 0.112. The fourth-order valence-electron chi connectivity index (χ4n) is 5.10. The van der Waals surface area contributed by atoms with Gasteiger partial charge in [0.05, 0.1) is 6.10 Å². The van der Waals surface area contributed by atoms with Crippen LogP contribution in [0.2, 0.25) is 0 Å². The molecule has 3 saturated carbocycles. The normalized spacial score (nSPS) is 38.2. The van der Waals surface area contributed by atoms with Gasteiger partial charge >= 0.3 is 0 Å². The number of amidine groups is 1. The molecule has 2 unspecified atom stereocenters. The van der Waals surface area contributed by atoms with Gasteiger partial charge in [0.2, 0.25) is 0 Å². The van der Waals surface area contributed by atoms with E-state index in [2.05, 4.69) is 5.32 Å².